The van der Waals surface area contributed by atoms with Crippen LogP contribution in [0.3, 0.4) is 0 Å². The molecule has 0 amide bonds. The average Bonchev–Trinajstić information content (AvgIpc) is 2.77. The Kier molecular flexibility index (Phi) is 3.72. The molecule has 0 aliphatic heterocycles. The summed E-state index contributed by atoms with van der Waals surface area (Å²) in [4.78, 5) is 9.02. The molecule has 3 heteroatoms. The predicted octanol–water partition coefficient (Wildman–Crippen LogP) is 4.25. The fourth-order valence-electron chi connectivity index (χ4n) is 3.15. The van der Waals surface area contributed by atoms with Crippen LogP contribution in [0.15, 0.2) is 54.9 Å². The van der Waals surface area contributed by atoms with E-state index in [9.17, 15) is 0 Å². The zero-order valence-electron chi connectivity index (χ0n) is 12.4. The molecule has 2 aromatic heterocycles. The number of nitrogens with zero attached hydrogens (tertiary/aromatic N) is 2. The van der Waals surface area contributed by atoms with Gasteiger partial charge in [-0.05, 0) is 28.8 Å². The fourth-order valence-corrected chi connectivity index (χ4v) is 3.15. The summed E-state index contributed by atoms with van der Waals surface area (Å²) in [5, 5.41) is 0. The van der Waals surface area contributed by atoms with E-state index in [0.29, 0.717) is 0 Å². The Balaban J connectivity index is 0.00000144. The van der Waals surface area contributed by atoms with Gasteiger partial charge in [0, 0.05) is 38.2 Å². The standard InChI is InChI=1S/C19H15N2.Ir/c1-19(2)16-9-8-13(17-7-3-4-10-20-17)12-15(16)14-6-5-11-21-18(14)19;/h3-7,9-12H,1-2H3;/q-1;. The molecule has 1 aromatic carbocycles. The van der Waals surface area contributed by atoms with Crippen LogP contribution in [0.4, 0.5) is 0 Å². The first-order valence-corrected chi connectivity index (χ1v) is 7.11. The number of pyridine rings is 2. The van der Waals surface area contributed by atoms with E-state index in [2.05, 4.69) is 48.1 Å². The largest absolute Gasteiger partial charge is 0.305 e. The van der Waals surface area contributed by atoms with E-state index in [1.807, 2.05) is 36.7 Å². The fraction of sp³-hybridized carbons (Fsp3) is 0.158. The first-order chi connectivity index (χ1) is 10.2. The number of benzene rings is 1. The molecular formula is C19H15IrN2-. The summed E-state index contributed by atoms with van der Waals surface area (Å²) >= 11 is 0. The third kappa shape index (κ3) is 2.13. The average molecular weight is 464 g/mol. The molecular weight excluding hydrogens is 448 g/mol. The van der Waals surface area contributed by atoms with Crippen LogP contribution < -0.4 is 0 Å². The Morgan fingerprint density at radius 2 is 1.77 bits per heavy atom. The topological polar surface area (TPSA) is 25.8 Å². The summed E-state index contributed by atoms with van der Waals surface area (Å²) < 4.78 is 0. The first kappa shape index (κ1) is 15.1. The molecule has 22 heavy (non-hydrogen) atoms. The van der Waals surface area contributed by atoms with Gasteiger partial charge in [0.2, 0.25) is 0 Å². The van der Waals surface area contributed by atoms with Crippen molar-refractivity contribution in [2.45, 2.75) is 19.3 Å². The maximum atomic E-state index is 4.60. The van der Waals surface area contributed by atoms with Crippen molar-refractivity contribution < 1.29 is 20.1 Å². The van der Waals surface area contributed by atoms with Gasteiger partial charge in [-0.1, -0.05) is 37.6 Å². The van der Waals surface area contributed by atoms with Crippen LogP contribution >= 0.6 is 0 Å². The number of rotatable bonds is 1. The third-order valence-corrected chi connectivity index (χ3v) is 4.25. The van der Waals surface area contributed by atoms with E-state index in [4.69, 9.17) is 0 Å². The summed E-state index contributed by atoms with van der Waals surface area (Å²) in [5.41, 5.74) is 6.83. The normalized spacial score (nSPS) is 13.9. The minimum absolute atomic E-state index is 0. The molecule has 4 rings (SSSR count). The van der Waals surface area contributed by atoms with Gasteiger partial charge in [0.15, 0.2) is 0 Å². The van der Waals surface area contributed by atoms with E-state index in [-0.39, 0.29) is 25.5 Å². The van der Waals surface area contributed by atoms with Gasteiger partial charge in [-0.15, -0.1) is 29.3 Å². The molecule has 0 saturated heterocycles. The summed E-state index contributed by atoms with van der Waals surface area (Å²) in [7, 11) is 0. The molecule has 1 aliphatic carbocycles. The first-order valence-electron chi connectivity index (χ1n) is 7.11. The Morgan fingerprint density at radius 3 is 2.55 bits per heavy atom. The van der Waals surface area contributed by atoms with Crippen molar-refractivity contribution >= 4 is 0 Å². The van der Waals surface area contributed by atoms with Gasteiger partial charge in [-0.2, -0.15) is 0 Å². The molecule has 111 valence electrons. The van der Waals surface area contributed by atoms with Crippen molar-refractivity contribution in [1.82, 2.24) is 9.97 Å². The minimum Gasteiger partial charge on any atom is -0.305 e. The molecule has 2 nitrogen and oxygen atoms in total. The van der Waals surface area contributed by atoms with Crippen molar-refractivity contribution in [3.05, 3.63) is 72.2 Å². The molecule has 0 unspecified atom stereocenters. The molecule has 0 fully saturated rings. The second kappa shape index (κ2) is 5.42. The van der Waals surface area contributed by atoms with Crippen LogP contribution in [-0.4, -0.2) is 9.97 Å². The number of hydrogen-bond donors (Lipinski definition) is 0. The van der Waals surface area contributed by atoms with Crippen molar-refractivity contribution in [3.63, 3.8) is 0 Å². The van der Waals surface area contributed by atoms with E-state index in [1.54, 1.807) is 0 Å². The summed E-state index contributed by atoms with van der Waals surface area (Å²) in [5.74, 6) is 0. The van der Waals surface area contributed by atoms with Crippen LogP contribution in [0.25, 0.3) is 22.4 Å². The molecule has 0 N–H and O–H groups in total. The van der Waals surface area contributed by atoms with Crippen molar-refractivity contribution in [2.24, 2.45) is 0 Å². The number of hydrogen-bond acceptors (Lipinski definition) is 2. The molecule has 1 aliphatic rings. The Bertz CT molecular complexity index is 826. The predicted molar refractivity (Wildman–Crippen MR) is 83.9 cm³/mol. The monoisotopic (exact) mass is 464 g/mol. The van der Waals surface area contributed by atoms with Gasteiger partial charge in [-0.25, -0.2) is 0 Å². The van der Waals surface area contributed by atoms with Crippen molar-refractivity contribution in [3.8, 4) is 22.4 Å². The van der Waals surface area contributed by atoms with E-state index in [1.165, 1.54) is 16.7 Å². The van der Waals surface area contributed by atoms with Gasteiger partial charge in [0.25, 0.3) is 0 Å². The van der Waals surface area contributed by atoms with Crippen molar-refractivity contribution in [1.29, 1.82) is 0 Å². The van der Waals surface area contributed by atoms with Crippen LogP contribution in [0.5, 0.6) is 0 Å². The second-order valence-electron chi connectivity index (χ2n) is 5.91. The van der Waals surface area contributed by atoms with E-state index < -0.39 is 0 Å². The molecule has 3 aromatic rings. The zero-order valence-corrected chi connectivity index (χ0v) is 14.8. The van der Waals surface area contributed by atoms with Gasteiger partial charge in [0.05, 0.1) is 0 Å². The van der Waals surface area contributed by atoms with Crippen molar-refractivity contribution in [2.75, 3.05) is 0 Å². The van der Waals surface area contributed by atoms with Crippen LogP contribution in [0.2, 0.25) is 0 Å². The quantitative estimate of drug-likeness (QED) is 0.505. The van der Waals surface area contributed by atoms with Crippen LogP contribution in [0, 0.1) is 6.07 Å². The second-order valence-corrected chi connectivity index (χ2v) is 5.91. The SMILES string of the molecule is CC1(C)c2c[c-]c(-c3ccccn3)cc2-c2cccnc21.[Ir]. The molecule has 0 bridgehead atoms. The minimum atomic E-state index is -0.0644. The van der Waals surface area contributed by atoms with Gasteiger partial charge >= 0.3 is 0 Å². The van der Waals surface area contributed by atoms with E-state index >= 15 is 0 Å². The Labute approximate surface area is 144 Å². The van der Waals surface area contributed by atoms with Gasteiger partial charge < -0.3 is 4.98 Å². The number of aromatic nitrogens is 2. The molecule has 2 heterocycles. The molecule has 1 radical (unpaired) electrons. The Morgan fingerprint density at radius 1 is 0.955 bits per heavy atom. The zero-order chi connectivity index (χ0) is 14.4. The molecule has 0 saturated carbocycles. The van der Waals surface area contributed by atoms with Gasteiger partial charge in [-0.3, -0.25) is 4.98 Å². The van der Waals surface area contributed by atoms with Crippen LogP contribution in [0.1, 0.15) is 25.1 Å². The van der Waals surface area contributed by atoms with Crippen LogP contribution in [-0.2, 0) is 25.5 Å². The summed E-state index contributed by atoms with van der Waals surface area (Å²) in [6.07, 6.45) is 3.69. The molecule has 0 spiro atoms. The maximum Gasteiger partial charge on any atom is 0.0478 e. The summed E-state index contributed by atoms with van der Waals surface area (Å²) in [6, 6.07) is 17.8. The maximum absolute atomic E-state index is 4.60. The number of fused-ring (bicyclic) bond motifs is 3. The smallest absolute Gasteiger partial charge is 0.0478 e. The molecule has 0 atom stereocenters. The third-order valence-electron chi connectivity index (χ3n) is 4.25. The van der Waals surface area contributed by atoms with E-state index in [0.717, 1.165) is 17.0 Å². The van der Waals surface area contributed by atoms with Gasteiger partial charge in [0.1, 0.15) is 0 Å². The Hall–Kier alpha value is -1.83. The summed E-state index contributed by atoms with van der Waals surface area (Å²) in [6.45, 7) is 4.44.